The highest BCUT2D eigenvalue weighted by molar-refractivity contribution is 7.10. The molecule has 0 radical (unpaired) electrons. The van der Waals surface area contributed by atoms with E-state index in [0.29, 0.717) is 12.6 Å². The largest absolute Gasteiger partial charge is 0.477 e. The number of aromatic nitrogens is 1. The first kappa shape index (κ1) is 16.9. The predicted molar refractivity (Wildman–Crippen MR) is 97.2 cm³/mol. The van der Waals surface area contributed by atoms with Crippen LogP contribution >= 0.6 is 11.3 Å². The fourth-order valence-electron chi connectivity index (χ4n) is 3.09. The molecule has 1 fully saturated rings. The molecule has 3 heterocycles. The van der Waals surface area contributed by atoms with Crippen LogP contribution < -0.4 is 0 Å². The third-order valence-corrected chi connectivity index (χ3v) is 5.17. The lowest BCUT2D eigenvalue weighted by Gasteiger charge is -2.27. The van der Waals surface area contributed by atoms with Gasteiger partial charge in [0.25, 0.3) is 0 Å². The van der Waals surface area contributed by atoms with Crippen LogP contribution in [0.15, 0.2) is 41.8 Å². The fourth-order valence-corrected chi connectivity index (χ4v) is 3.72. The second kappa shape index (κ2) is 8.22. The van der Waals surface area contributed by atoms with E-state index in [9.17, 15) is 4.79 Å². The highest BCUT2D eigenvalue weighted by Gasteiger charge is 2.19. The molecule has 5 heteroatoms. The summed E-state index contributed by atoms with van der Waals surface area (Å²) in [5.41, 5.74) is 0.944. The molecule has 24 heavy (non-hydrogen) atoms. The lowest BCUT2D eigenvalue weighted by Crippen LogP contribution is -2.33. The smallest absolute Gasteiger partial charge is 0.354 e. The zero-order chi connectivity index (χ0) is 16.8. The minimum Gasteiger partial charge on any atom is -0.477 e. The van der Waals surface area contributed by atoms with Crippen molar-refractivity contribution in [1.29, 1.82) is 0 Å². The van der Waals surface area contributed by atoms with Gasteiger partial charge in [0.15, 0.2) is 0 Å². The molecule has 1 atom stereocenters. The average Bonchev–Trinajstić information content (AvgIpc) is 3.01. The van der Waals surface area contributed by atoms with Gasteiger partial charge in [-0.1, -0.05) is 31.1 Å². The number of likely N-dealkylation sites (tertiary alicyclic amines) is 1. The van der Waals surface area contributed by atoms with Crippen LogP contribution in [-0.2, 0) is 6.54 Å². The third kappa shape index (κ3) is 4.52. The van der Waals surface area contributed by atoms with Gasteiger partial charge in [-0.15, -0.1) is 11.3 Å². The van der Waals surface area contributed by atoms with Crippen LogP contribution in [0.5, 0.6) is 0 Å². The van der Waals surface area contributed by atoms with E-state index >= 15 is 0 Å². The zero-order valence-corrected chi connectivity index (χ0v) is 14.4. The normalized spacial score (nSPS) is 19.4. The third-order valence-electron chi connectivity index (χ3n) is 4.33. The van der Waals surface area contributed by atoms with Crippen molar-refractivity contribution < 1.29 is 9.90 Å². The molecular weight excluding hydrogens is 320 g/mol. The molecule has 2 aromatic rings. The van der Waals surface area contributed by atoms with Gasteiger partial charge < -0.3 is 5.11 Å². The number of thiophene rings is 1. The van der Waals surface area contributed by atoms with Crippen molar-refractivity contribution in [2.75, 3.05) is 6.54 Å². The number of carboxylic acids is 1. The standard InChI is InChI=1S/C19H22N2O2S/c22-19(23)18-9-4-6-15(20-18)14-21-12-3-1-2-7-16(21)10-11-17-8-5-13-24-17/h4-6,8-11,13,16H,1-3,7,12,14H2,(H,22,23)/b11-10+. The monoisotopic (exact) mass is 342 g/mol. The van der Waals surface area contributed by atoms with Gasteiger partial charge in [0.05, 0.1) is 5.69 Å². The second-order valence-electron chi connectivity index (χ2n) is 6.08. The van der Waals surface area contributed by atoms with E-state index in [-0.39, 0.29) is 5.69 Å². The summed E-state index contributed by atoms with van der Waals surface area (Å²) in [6.07, 6.45) is 9.30. The molecule has 126 valence electrons. The topological polar surface area (TPSA) is 53.4 Å². The van der Waals surface area contributed by atoms with Crippen molar-refractivity contribution in [2.24, 2.45) is 0 Å². The first-order chi connectivity index (χ1) is 11.7. The Morgan fingerprint density at radius 1 is 1.29 bits per heavy atom. The van der Waals surface area contributed by atoms with E-state index in [4.69, 9.17) is 5.11 Å². The first-order valence-corrected chi connectivity index (χ1v) is 9.25. The van der Waals surface area contributed by atoms with Gasteiger partial charge in [-0.05, 0) is 49.0 Å². The average molecular weight is 342 g/mol. The maximum Gasteiger partial charge on any atom is 0.354 e. The van der Waals surface area contributed by atoms with E-state index in [1.54, 1.807) is 23.5 Å². The van der Waals surface area contributed by atoms with Crippen LogP contribution in [0.2, 0.25) is 0 Å². The summed E-state index contributed by atoms with van der Waals surface area (Å²) in [5.74, 6) is -0.971. The lowest BCUT2D eigenvalue weighted by molar-refractivity contribution is 0.0690. The number of pyridine rings is 1. The Bertz CT molecular complexity index is 697. The van der Waals surface area contributed by atoms with Crippen molar-refractivity contribution in [3.63, 3.8) is 0 Å². The highest BCUT2D eigenvalue weighted by atomic mass is 32.1. The Morgan fingerprint density at radius 2 is 2.21 bits per heavy atom. The molecule has 3 rings (SSSR count). The van der Waals surface area contributed by atoms with Gasteiger partial charge in [0, 0.05) is 17.5 Å². The molecule has 2 aromatic heterocycles. The molecule has 0 spiro atoms. The summed E-state index contributed by atoms with van der Waals surface area (Å²) < 4.78 is 0. The molecule has 0 bridgehead atoms. The number of hydrogen-bond donors (Lipinski definition) is 1. The SMILES string of the molecule is O=C(O)c1cccc(CN2CCCCCC2/C=C/c2cccs2)n1. The summed E-state index contributed by atoms with van der Waals surface area (Å²) in [6, 6.07) is 9.81. The van der Waals surface area contributed by atoms with E-state index < -0.39 is 5.97 Å². The maximum absolute atomic E-state index is 11.1. The molecule has 0 amide bonds. The van der Waals surface area contributed by atoms with Crippen LogP contribution in [0.1, 0.15) is 46.7 Å². The fraction of sp³-hybridized carbons (Fsp3) is 0.368. The Balaban J connectivity index is 1.74. The van der Waals surface area contributed by atoms with Crippen molar-refractivity contribution >= 4 is 23.4 Å². The number of aromatic carboxylic acids is 1. The van der Waals surface area contributed by atoms with Crippen LogP contribution in [0.4, 0.5) is 0 Å². The Kier molecular flexibility index (Phi) is 5.77. The Labute approximate surface area is 146 Å². The predicted octanol–water partition coefficient (Wildman–Crippen LogP) is 4.30. The molecular formula is C19H22N2O2S. The summed E-state index contributed by atoms with van der Waals surface area (Å²) in [7, 11) is 0. The molecule has 1 aliphatic heterocycles. The highest BCUT2D eigenvalue weighted by Crippen LogP contribution is 2.21. The summed E-state index contributed by atoms with van der Waals surface area (Å²) >= 11 is 1.74. The molecule has 1 aliphatic rings. The summed E-state index contributed by atoms with van der Waals surface area (Å²) in [6.45, 7) is 1.72. The van der Waals surface area contributed by atoms with E-state index in [2.05, 4.69) is 39.5 Å². The van der Waals surface area contributed by atoms with Crippen molar-refractivity contribution in [3.8, 4) is 0 Å². The maximum atomic E-state index is 11.1. The van der Waals surface area contributed by atoms with Crippen molar-refractivity contribution in [2.45, 2.75) is 38.3 Å². The molecule has 1 unspecified atom stereocenters. The summed E-state index contributed by atoms with van der Waals surface area (Å²) in [5, 5.41) is 11.2. The minimum atomic E-state index is -0.971. The Hall–Kier alpha value is -1.98. The zero-order valence-electron chi connectivity index (χ0n) is 13.6. The second-order valence-corrected chi connectivity index (χ2v) is 7.06. The van der Waals surface area contributed by atoms with Crippen LogP contribution in [-0.4, -0.2) is 33.5 Å². The number of rotatable bonds is 5. The molecule has 4 nitrogen and oxygen atoms in total. The number of carboxylic acid groups (broad SMARTS) is 1. The van der Waals surface area contributed by atoms with Gasteiger partial charge >= 0.3 is 5.97 Å². The van der Waals surface area contributed by atoms with E-state index in [1.165, 1.54) is 24.1 Å². The molecule has 0 saturated carbocycles. The quantitative estimate of drug-likeness (QED) is 0.880. The lowest BCUT2D eigenvalue weighted by atomic mass is 10.1. The van der Waals surface area contributed by atoms with E-state index in [1.807, 2.05) is 6.07 Å². The van der Waals surface area contributed by atoms with Crippen LogP contribution in [0, 0.1) is 0 Å². The number of hydrogen-bond acceptors (Lipinski definition) is 4. The molecule has 1 N–H and O–H groups in total. The van der Waals surface area contributed by atoms with Gasteiger partial charge in [-0.3, -0.25) is 4.90 Å². The molecule has 0 aliphatic carbocycles. The van der Waals surface area contributed by atoms with Crippen molar-refractivity contribution in [1.82, 2.24) is 9.88 Å². The van der Waals surface area contributed by atoms with Gasteiger partial charge in [-0.2, -0.15) is 0 Å². The molecule has 1 saturated heterocycles. The first-order valence-electron chi connectivity index (χ1n) is 8.37. The van der Waals surface area contributed by atoms with Gasteiger partial charge in [-0.25, -0.2) is 9.78 Å². The van der Waals surface area contributed by atoms with Gasteiger partial charge in [0.2, 0.25) is 0 Å². The van der Waals surface area contributed by atoms with Crippen molar-refractivity contribution in [3.05, 3.63) is 58.1 Å². The molecule has 0 aromatic carbocycles. The Morgan fingerprint density at radius 3 is 3.00 bits per heavy atom. The number of nitrogens with zero attached hydrogens (tertiary/aromatic N) is 2. The van der Waals surface area contributed by atoms with E-state index in [0.717, 1.165) is 18.7 Å². The van der Waals surface area contributed by atoms with Crippen LogP contribution in [0.3, 0.4) is 0 Å². The minimum absolute atomic E-state index is 0.119. The number of carbonyl (C=O) groups is 1. The van der Waals surface area contributed by atoms with Gasteiger partial charge in [0.1, 0.15) is 5.69 Å². The van der Waals surface area contributed by atoms with Crippen LogP contribution in [0.25, 0.3) is 6.08 Å². The summed E-state index contributed by atoms with van der Waals surface area (Å²) in [4.78, 5) is 19.1.